The fourth-order valence-electron chi connectivity index (χ4n) is 0.899. The van der Waals surface area contributed by atoms with Crippen molar-refractivity contribution in [2.24, 2.45) is 0 Å². The Balaban J connectivity index is 2.94. The maximum absolute atomic E-state index is 5.04. The highest BCUT2D eigenvalue weighted by molar-refractivity contribution is 9.11. The van der Waals surface area contributed by atoms with Gasteiger partial charge >= 0.3 is 0 Å². The van der Waals surface area contributed by atoms with E-state index < -0.39 is 0 Å². The van der Waals surface area contributed by atoms with Gasteiger partial charge in [0.25, 0.3) is 0 Å². The molecule has 0 bridgehead atoms. The molecule has 0 aliphatic carbocycles. The summed E-state index contributed by atoms with van der Waals surface area (Å²) < 4.78 is 6.70. The second-order valence-electron chi connectivity index (χ2n) is 2.09. The normalized spacial score (nSPS) is 10.7. The van der Waals surface area contributed by atoms with Crippen LogP contribution in [0.25, 0.3) is 11.0 Å². The van der Waals surface area contributed by atoms with Crippen LogP contribution in [0.5, 0.6) is 0 Å². The van der Waals surface area contributed by atoms with Crippen molar-refractivity contribution in [3.63, 3.8) is 0 Å². The van der Waals surface area contributed by atoms with E-state index in [-0.39, 0.29) is 0 Å². The second-order valence-corrected chi connectivity index (χ2v) is 3.70. The third-order valence-corrected chi connectivity index (χ3v) is 2.60. The quantitative estimate of drug-likeness (QED) is 0.738. The Kier molecular flexibility index (Phi) is 1.73. The molecular formula is C7H3Br2NO. The summed E-state index contributed by atoms with van der Waals surface area (Å²) in [4.78, 5) is 0. The third-order valence-electron chi connectivity index (χ3n) is 1.41. The molecule has 2 aromatic rings. The van der Waals surface area contributed by atoms with Crippen LogP contribution in [0.2, 0.25) is 0 Å². The maximum Gasteiger partial charge on any atom is 0.182 e. The van der Waals surface area contributed by atoms with Crippen molar-refractivity contribution < 1.29 is 4.52 Å². The van der Waals surface area contributed by atoms with Gasteiger partial charge in [-0.25, -0.2) is 0 Å². The average Bonchev–Trinajstić information content (AvgIpc) is 2.35. The first-order valence-corrected chi connectivity index (χ1v) is 4.57. The minimum absolute atomic E-state index is 0.744. The summed E-state index contributed by atoms with van der Waals surface area (Å²) in [6, 6.07) is 5.80. The van der Waals surface area contributed by atoms with E-state index in [0.29, 0.717) is 0 Å². The van der Waals surface area contributed by atoms with Gasteiger partial charge in [-0.2, -0.15) is 0 Å². The van der Waals surface area contributed by atoms with E-state index in [4.69, 9.17) is 4.52 Å². The molecule has 0 saturated carbocycles. The predicted molar refractivity (Wildman–Crippen MR) is 49.4 cm³/mol. The molecule has 11 heavy (non-hydrogen) atoms. The lowest BCUT2D eigenvalue weighted by Gasteiger charge is -1.87. The number of para-hydroxylation sites is 1. The molecule has 0 amide bonds. The van der Waals surface area contributed by atoms with Crippen molar-refractivity contribution in [1.82, 2.24) is 5.16 Å². The Morgan fingerprint density at radius 1 is 1.27 bits per heavy atom. The molecular weight excluding hydrogens is 274 g/mol. The number of rotatable bonds is 0. The number of aromatic nitrogens is 1. The smallest absolute Gasteiger partial charge is 0.182 e. The highest BCUT2D eigenvalue weighted by Crippen LogP contribution is 2.28. The van der Waals surface area contributed by atoms with E-state index in [9.17, 15) is 0 Å². The van der Waals surface area contributed by atoms with E-state index in [2.05, 4.69) is 37.0 Å². The molecule has 1 aromatic heterocycles. The summed E-state index contributed by atoms with van der Waals surface area (Å²) in [5.74, 6) is 0. The van der Waals surface area contributed by atoms with Crippen molar-refractivity contribution in [2.45, 2.75) is 0 Å². The van der Waals surface area contributed by atoms with Crippen LogP contribution in [0, 0.1) is 0 Å². The Labute approximate surface area is 79.8 Å². The second kappa shape index (κ2) is 2.60. The minimum Gasteiger partial charge on any atom is -0.354 e. The summed E-state index contributed by atoms with van der Waals surface area (Å²) >= 11 is 6.63. The molecule has 0 aliphatic heterocycles. The molecule has 0 spiro atoms. The fourth-order valence-corrected chi connectivity index (χ4v) is 1.72. The lowest BCUT2D eigenvalue weighted by Crippen LogP contribution is -1.65. The molecule has 0 atom stereocenters. The van der Waals surface area contributed by atoms with Crippen molar-refractivity contribution in [3.8, 4) is 0 Å². The first kappa shape index (κ1) is 7.31. The monoisotopic (exact) mass is 275 g/mol. The molecule has 0 saturated heterocycles. The predicted octanol–water partition coefficient (Wildman–Crippen LogP) is 3.35. The lowest BCUT2D eigenvalue weighted by atomic mass is 10.3. The number of hydrogen-bond donors (Lipinski definition) is 0. The molecule has 0 N–H and O–H groups in total. The van der Waals surface area contributed by atoms with Crippen molar-refractivity contribution in [2.75, 3.05) is 0 Å². The van der Waals surface area contributed by atoms with E-state index in [0.717, 1.165) is 20.0 Å². The molecule has 2 rings (SSSR count). The van der Waals surface area contributed by atoms with Crippen molar-refractivity contribution >= 4 is 42.8 Å². The van der Waals surface area contributed by atoms with E-state index in [1.165, 1.54) is 0 Å². The van der Waals surface area contributed by atoms with Crippen LogP contribution < -0.4 is 0 Å². The minimum atomic E-state index is 0.744. The largest absolute Gasteiger partial charge is 0.354 e. The Hall–Kier alpha value is -0.350. The molecule has 4 heteroatoms. The molecule has 0 aliphatic rings. The van der Waals surface area contributed by atoms with Gasteiger partial charge in [0.2, 0.25) is 0 Å². The van der Waals surface area contributed by atoms with Gasteiger partial charge in [-0.15, -0.1) is 0 Å². The van der Waals surface area contributed by atoms with Gasteiger partial charge in [-0.05, 0) is 44.0 Å². The molecule has 0 radical (unpaired) electrons. The van der Waals surface area contributed by atoms with E-state index >= 15 is 0 Å². The maximum atomic E-state index is 5.04. The Morgan fingerprint density at radius 3 is 2.82 bits per heavy atom. The highest BCUT2D eigenvalue weighted by Gasteiger charge is 2.06. The van der Waals surface area contributed by atoms with Crippen LogP contribution in [-0.4, -0.2) is 5.16 Å². The molecule has 56 valence electrons. The van der Waals surface area contributed by atoms with Crippen molar-refractivity contribution in [3.05, 3.63) is 27.3 Å². The summed E-state index contributed by atoms with van der Waals surface area (Å²) in [6.45, 7) is 0. The zero-order valence-electron chi connectivity index (χ0n) is 5.34. The summed E-state index contributed by atoms with van der Waals surface area (Å²) in [5, 5.41) is 4.75. The Morgan fingerprint density at radius 2 is 2.09 bits per heavy atom. The number of nitrogens with zero attached hydrogens (tertiary/aromatic N) is 1. The van der Waals surface area contributed by atoms with Crippen LogP contribution in [0.3, 0.4) is 0 Å². The fraction of sp³-hybridized carbons (Fsp3) is 0. The molecule has 1 aromatic carbocycles. The van der Waals surface area contributed by atoms with Gasteiger partial charge in [-0.1, -0.05) is 11.2 Å². The van der Waals surface area contributed by atoms with Gasteiger partial charge in [-0.3, -0.25) is 0 Å². The van der Waals surface area contributed by atoms with Crippen LogP contribution in [0.15, 0.2) is 31.8 Å². The molecule has 1 heterocycles. The van der Waals surface area contributed by atoms with Gasteiger partial charge in [0.05, 0.1) is 9.86 Å². The van der Waals surface area contributed by atoms with Crippen molar-refractivity contribution in [1.29, 1.82) is 0 Å². The zero-order valence-corrected chi connectivity index (χ0v) is 8.52. The van der Waals surface area contributed by atoms with Gasteiger partial charge in [0.15, 0.2) is 10.2 Å². The Bertz CT molecular complexity index is 396. The van der Waals surface area contributed by atoms with Crippen LogP contribution >= 0.6 is 31.9 Å². The summed E-state index contributed by atoms with van der Waals surface area (Å²) in [5.41, 5.74) is 0.777. The summed E-state index contributed by atoms with van der Waals surface area (Å²) in [6.07, 6.45) is 0. The van der Waals surface area contributed by atoms with E-state index in [1.54, 1.807) is 0 Å². The molecule has 0 unspecified atom stereocenters. The number of benzene rings is 1. The van der Waals surface area contributed by atoms with Gasteiger partial charge in [0.1, 0.15) is 0 Å². The lowest BCUT2D eigenvalue weighted by molar-refractivity contribution is 0.450. The van der Waals surface area contributed by atoms with Crippen LogP contribution in [0.1, 0.15) is 0 Å². The topological polar surface area (TPSA) is 26.0 Å². The summed E-state index contributed by atoms with van der Waals surface area (Å²) in [7, 11) is 0. The zero-order chi connectivity index (χ0) is 7.84. The number of hydrogen-bond acceptors (Lipinski definition) is 2. The van der Waals surface area contributed by atoms with Gasteiger partial charge < -0.3 is 4.52 Å². The van der Waals surface area contributed by atoms with E-state index in [1.807, 2.05) is 18.2 Å². The first-order chi connectivity index (χ1) is 5.29. The standard InChI is InChI=1S/C7H3Br2NO/c8-5-3-1-2-4-6(5)11-10-7(4)9/h1-3H. The van der Waals surface area contributed by atoms with Gasteiger partial charge in [0, 0.05) is 0 Å². The number of fused-ring (bicyclic) bond motifs is 1. The number of halogens is 2. The molecule has 0 fully saturated rings. The highest BCUT2D eigenvalue weighted by atomic mass is 79.9. The SMILES string of the molecule is Brc1noc2c(Br)cccc12. The first-order valence-electron chi connectivity index (χ1n) is 2.98. The third kappa shape index (κ3) is 1.10. The van der Waals surface area contributed by atoms with Crippen LogP contribution in [-0.2, 0) is 0 Å². The average molecular weight is 277 g/mol. The van der Waals surface area contributed by atoms with Crippen LogP contribution in [0.4, 0.5) is 0 Å². The molecule has 2 nitrogen and oxygen atoms in total.